The summed E-state index contributed by atoms with van der Waals surface area (Å²) in [5.74, 6) is -11.9. The number of aliphatic hydroxyl groups is 1. The van der Waals surface area contributed by atoms with E-state index in [2.05, 4.69) is 5.32 Å². The first-order valence-corrected chi connectivity index (χ1v) is 38.6. The molecule has 0 radical (unpaired) electrons. The minimum atomic E-state index is -1.92. The molecule has 9 rings (SSSR count). The highest BCUT2D eigenvalue weighted by Crippen LogP contribution is 2.44. The van der Waals surface area contributed by atoms with E-state index in [4.69, 9.17) is 99.5 Å². The number of carbonyl (C=O) groups is 10. The van der Waals surface area contributed by atoms with Gasteiger partial charge in [-0.05, 0) is 48.6 Å². The fourth-order valence-electron chi connectivity index (χ4n) is 15.2. The molecule has 0 aliphatic carbocycles. The van der Waals surface area contributed by atoms with Crippen molar-refractivity contribution in [2.45, 2.75) is 278 Å². The van der Waals surface area contributed by atoms with E-state index >= 15 is 0 Å². The number of nitrogens with one attached hydrogen (secondary N) is 1. The minimum absolute atomic E-state index is 0.0386. The lowest BCUT2D eigenvalue weighted by molar-refractivity contribution is -0.378. The lowest BCUT2D eigenvalue weighted by atomic mass is 9.84. The summed E-state index contributed by atoms with van der Waals surface area (Å²) < 4.78 is 134. The third-order valence-corrected chi connectivity index (χ3v) is 21.2. The summed E-state index contributed by atoms with van der Waals surface area (Å²) in [7, 11) is 0. The molecule has 0 bridgehead atoms. The van der Waals surface area contributed by atoms with Gasteiger partial charge in [-0.15, -0.1) is 0 Å². The van der Waals surface area contributed by atoms with Crippen LogP contribution in [0, 0.1) is 35.5 Å². The average molecular weight is 1610 g/mol. The maximum atomic E-state index is 14.9. The lowest BCUT2D eigenvalue weighted by Crippen LogP contribution is -2.68. The van der Waals surface area contributed by atoms with Gasteiger partial charge in [-0.25, -0.2) is 9.59 Å². The smallest absolute Gasteiger partial charge is 0.338 e. The van der Waals surface area contributed by atoms with E-state index in [1.807, 2.05) is 37.3 Å². The van der Waals surface area contributed by atoms with Crippen molar-refractivity contribution in [2.75, 3.05) is 26.4 Å². The molecule has 3 aromatic rings. The molecule has 0 saturated carbocycles. The van der Waals surface area contributed by atoms with Gasteiger partial charge in [0.05, 0.1) is 60.9 Å². The molecule has 6 heterocycles. The Morgan fingerprint density at radius 3 is 1.12 bits per heavy atom. The molecule has 3 aromatic carbocycles. The average Bonchev–Trinajstić information content (AvgIpc) is 0.769. The normalized spacial score (nSPS) is 35.5. The van der Waals surface area contributed by atoms with Gasteiger partial charge in [-0.3, -0.25) is 38.4 Å². The number of ether oxygens (including phenoxy) is 21. The van der Waals surface area contributed by atoms with Gasteiger partial charge in [0.15, 0.2) is 62.2 Å². The number of amides is 1. The van der Waals surface area contributed by atoms with Crippen LogP contribution in [0.2, 0.25) is 0 Å². The van der Waals surface area contributed by atoms with Crippen LogP contribution in [0.15, 0.2) is 91.0 Å². The van der Waals surface area contributed by atoms with Gasteiger partial charge in [0, 0.05) is 85.0 Å². The second-order valence-corrected chi connectivity index (χ2v) is 29.7. The predicted molar refractivity (Wildman–Crippen MR) is 391 cm³/mol. The molecular weight excluding hydrogens is 1500 g/mol. The number of esters is 9. The second-order valence-electron chi connectivity index (χ2n) is 29.7. The lowest BCUT2D eigenvalue weighted by Gasteiger charge is -2.52. The molecule has 33 nitrogen and oxygen atoms in total. The third-order valence-electron chi connectivity index (χ3n) is 21.2. The number of hydrogen-bond donors (Lipinski definition) is 2. The van der Waals surface area contributed by atoms with Crippen LogP contribution in [0.25, 0.3) is 0 Å². The first-order valence-electron chi connectivity index (χ1n) is 38.6. The zero-order valence-corrected chi connectivity index (χ0v) is 67.0. The first-order chi connectivity index (χ1) is 54.2. The van der Waals surface area contributed by atoms with E-state index in [0.717, 1.165) is 5.56 Å². The fraction of sp³-hybridized carbons (Fsp3) is 0.654. The monoisotopic (exact) mass is 1610 g/mol. The van der Waals surface area contributed by atoms with Gasteiger partial charge in [0.2, 0.25) is 5.91 Å². The summed E-state index contributed by atoms with van der Waals surface area (Å²) in [6, 6.07) is 24.2. The van der Waals surface area contributed by atoms with Crippen LogP contribution >= 0.6 is 0 Å². The van der Waals surface area contributed by atoms with Crippen molar-refractivity contribution in [1.29, 1.82) is 0 Å². The summed E-state index contributed by atoms with van der Waals surface area (Å²) in [6.07, 6.45) is -30.1. The number of aliphatic hydroxyl groups excluding tert-OH is 1. The Balaban J connectivity index is 1.10. The second kappa shape index (κ2) is 41.6. The third kappa shape index (κ3) is 23.4. The Morgan fingerprint density at radius 1 is 0.333 bits per heavy atom. The highest BCUT2D eigenvalue weighted by molar-refractivity contribution is 5.90. The fourth-order valence-corrected chi connectivity index (χ4v) is 15.2. The topological polar surface area (TPSA) is 397 Å². The van der Waals surface area contributed by atoms with Gasteiger partial charge in [0.25, 0.3) is 0 Å². The molecule has 33 heteroatoms. The van der Waals surface area contributed by atoms with E-state index in [9.17, 15) is 53.1 Å². The zero-order chi connectivity index (χ0) is 82.9. The number of hydrogen-bond acceptors (Lipinski definition) is 32. The van der Waals surface area contributed by atoms with Crippen LogP contribution in [-0.2, 0) is 144 Å². The Hall–Kier alpha value is -8.16. The summed E-state index contributed by atoms with van der Waals surface area (Å²) in [5, 5.41) is 16.3. The van der Waals surface area contributed by atoms with Crippen LogP contribution in [-0.4, -0.2) is 239 Å². The molecule has 6 saturated heterocycles. The Labute approximate surface area is 662 Å². The van der Waals surface area contributed by atoms with E-state index < -0.39 is 269 Å². The molecule has 6 aliphatic heterocycles. The van der Waals surface area contributed by atoms with Crippen LogP contribution in [0.3, 0.4) is 0 Å². The molecule has 30 atom stereocenters. The number of rotatable bonds is 31. The highest BCUT2D eigenvalue weighted by Gasteiger charge is 2.59. The minimum Gasteiger partial charge on any atom is -0.463 e. The highest BCUT2D eigenvalue weighted by atomic mass is 16.8. The maximum Gasteiger partial charge on any atom is 0.338 e. The van der Waals surface area contributed by atoms with Crippen LogP contribution < -0.4 is 5.32 Å². The van der Waals surface area contributed by atoms with Crippen molar-refractivity contribution in [1.82, 2.24) is 5.32 Å². The Kier molecular flexibility index (Phi) is 32.8. The van der Waals surface area contributed by atoms with Crippen molar-refractivity contribution in [3.63, 3.8) is 0 Å². The van der Waals surface area contributed by atoms with Crippen molar-refractivity contribution >= 4 is 59.6 Å². The van der Waals surface area contributed by atoms with Gasteiger partial charge in [0.1, 0.15) is 68.7 Å². The Bertz CT molecular complexity index is 3680. The van der Waals surface area contributed by atoms with E-state index in [1.165, 1.54) is 67.5 Å². The maximum absolute atomic E-state index is 14.9. The van der Waals surface area contributed by atoms with Crippen LogP contribution in [0.1, 0.15) is 150 Å². The molecule has 6 aliphatic rings. The van der Waals surface area contributed by atoms with E-state index in [1.54, 1.807) is 97.0 Å². The summed E-state index contributed by atoms with van der Waals surface area (Å²) >= 11 is 0. The van der Waals surface area contributed by atoms with E-state index in [-0.39, 0.29) is 30.6 Å². The molecule has 114 heavy (non-hydrogen) atoms. The summed E-state index contributed by atoms with van der Waals surface area (Å²) in [5.41, 5.74) is 1.06. The van der Waals surface area contributed by atoms with Gasteiger partial charge in [-0.2, -0.15) is 0 Å². The molecule has 0 spiro atoms. The number of carbonyl (C=O) groups excluding carboxylic acids is 10. The summed E-state index contributed by atoms with van der Waals surface area (Å²) in [4.78, 5) is 131. The molecular formula is C81H109NO32. The zero-order valence-electron chi connectivity index (χ0n) is 67.0. The standard InChI is InChI=1S/C81H109NO32/c1-17-56-65(112-80-71(102-52(16)90)44(8)68(100-50(14)88)61(108-80)38-96-48(12)86)41(5)62(82-45(9)83)77(103-56)114-72-63(91)58(35-98-76-40(4)39(3)64(59(106-76)36-94-46(10)84)111-79-70(101-51(15)89)43(7)67(99-49(13)87)60(107-79)37-95-47(11)85)105-81(73(72)110-75(93)55-32-26-21-27-33-55)113-66-42(6)69(109-74(92)54-30-24-20-25-31-54)78(104-57(66)18-2)97-34-53-28-22-19-23-29-53/h19-33,39-44,56-73,76-81,91H,17-18,34-38H2,1-16H3,(H,82,83)/t39-,40?,41-,42+,43+,44+,56?,57?,58?,59?,60?,61?,62?,63+,64+,65+,66+,67-,68-,69?,70?,71?,72+,73?,76-,77+,78-,79+,80+,81+/m1/s1. The van der Waals surface area contributed by atoms with Crippen LogP contribution in [0.5, 0.6) is 0 Å². The van der Waals surface area contributed by atoms with Crippen molar-refractivity contribution in [3.05, 3.63) is 108 Å². The van der Waals surface area contributed by atoms with Crippen molar-refractivity contribution < 1.29 is 153 Å². The van der Waals surface area contributed by atoms with Gasteiger partial charge >= 0.3 is 53.7 Å². The van der Waals surface area contributed by atoms with Crippen molar-refractivity contribution in [2.24, 2.45) is 35.5 Å². The molecule has 0 aromatic heterocycles. The summed E-state index contributed by atoms with van der Waals surface area (Å²) in [6.45, 7) is 21.7. The molecule has 6 fully saturated rings. The molecule has 630 valence electrons. The molecule has 12 unspecified atom stereocenters. The van der Waals surface area contributed by atoms with Crippen molar-refractivity contribution in [3.8, 4) is 0 Å². The SMILES string of the molecule is CCC1O[C@@H](O[C@@H]2C(OC(=O)c3ccccc3)[C@H](O[C@@H]3C(CC)O[C@@H](OCc4ccccc4)C(OC(=O)c4ccccc4)[C@H]3C)OC(CO[C@@H]3OC(COC(C)=O)[C@@H](O[C@@H]4OC(COC(C)=O)[C@H](OC(C)=O)[C@H](C)C4OC(C)=O)[C@H](C)C3C)[C@@H]2O)C(NC(C)=O)[C@@H](C)[C@@H]1O[C@@H]1OC(COC(C)=O)[C@H](OC(C)=O)[C@H](C)C1OC(C)=O. The van der Waals surface area contributed by atoms with Gasteiger partial charge < -0.3 is 110 Å². The first kappa shape index (κ1) is 89.8. The van der Waals surface area contributed by atoms with Crippen LogP contribution in [0.4, 0.5) is 0 Å². The molecule has 1 amide bonds. The molecule has 2 N–H and O–H groups in total. The number of benzene rings is 3. The quantitative estimate of drug-likeness (QED) is 0.0514. The van der Waals surface area contributed by atoms with E-state index in [0.29, 0.717) is 0 Å². The Morgan fingerprint density at radius 2 is 0.684 bits per heavy atom. The predicted octanol–water partition coefficient (Wildman–Crippen LogP) is 6.48. The largest absolute Gasteiger partial charge is 0.463 e. The van der Waals surface area contributed by atoms with Gasteiger partial charge in [-0.1, -0.05) is 122 Å².